The largest absolute Gasteiger partial charge is 0.404 e. The van der Waals surface area contributed by atoms with E-state index in [9.17, 15) is 4.79 Å². The smallest absolute Gasteiger partial charge is 0.247 e. The van der Waals surface area contributed by atoms with Gasteiger partial charge in [-0.05, 0) is 66.9 Å². The van der Waals surface area contributed by atoms with Gasteiger partial charge >= 0.3 is 0 Å². The van der Waals surface area contributed by atoms with Crippen molar-refractivity contribution in [2.45, 2.75) is 20.3 Å². The van der Waals surface area contributed by atoms with E-state index in [-0.39, 0.29) is 5.91 Å². The fraction of sp³-hybridized carbons (Fsp3) is 0.265. The summed E-state index contributed by atoms with van der Waals surface area (Å²) in [5.74, 6) is -0.247. The lowest BCUT2D eigenvalue weighted by molar-refractivity contribution is -0.111. The van der Waals surface area contributed by atoms with Crippen LogP contribution in [-0.4, -0.2) is 67.3 Å². The molecule has 1 aliphatic heterocycles. The van der Waals surface area contributed by atoms with Crippen molar-refractivity contribution >= 4 is 40.1 Å². The Morgan fingerprint density at radius 2 is 1.86 bits per heavy atom. The van der Waals surface area contributed by atoms with Gasteiger partial charge in [-0.2, -0.15) is 0 Å². The van der Waals surface area contributed by atoms with Crippen molar-refractivity contribution in [1.82, 2.24) is 14.9 Å². The second kappa shape index (κ2) is 12.4. The molecule has 4 aromatic rings. The van der Waals surface area contributed by atoms with Crippen molar-refractivity contribution in [3.8, 4) is 22.4 Å². The highest BCUT2D eigenvalue weighted by Gasteiger charge is 2.22. The average molecular weight is 562 g/mol. The second-order valence-corrected chi connectivity index (χ2v) is 10.7. The number of amides is 1. The van der Waals surface area contributed by atoms with Gasteiger partial charge in [0.05, 0.1) is 5.69 Å². The minimum absolute atomic E-state index is 0.247. The number of aromatic nitrogens is 2. The molecule has 0 saturated carbocycles. The number of hydrogen-bond acceptors (Lipinski definition) is 6. The van der Waals surface area contributed by atoms with Gasteiger partial charge in [0.25, 0.3) is 0 Å². The third-order valence-corrected chi connectivity index (χ3v) is 8.04. The molecule has 0 aliphatic carbocycles. The van der Waals surface area contributed by atoms with Crippen LogP contribution >= 0.6 is 0 Å². The quantitative estimate of drug-likeness (QED) is 0.191. The van der Waals surface area contributed by atoms with Gasteiger partial charge in [0.15, 0.2) is 0 Å². The third-order valence-electron chi connectivity index (χ3n) is 8.04. The van der Waals surface area contributed by atoms with E-state index in [0.717, 1.165) is 94.0 Å². The van der Waals surface area contributed by atoms with Crippen molar-refractivity contribution in [2.24, 2.45) is 10.7 Å². The number of piperazine rings is 1. The number of nitrogens with two attached hydrogens (primary N) is 1. The molecule has 0 bridgehead atoms. The molecule has 4 N–H and O–H groups in total. The van der Waals surface area contributed by atoms with Crippen LogP contribution in [0.4, 0.5) is 11.4 Å². The lowest BCUT2D eigenvalue weighted by Crippen LogP contribution is -2.44. The zero-order valence-electron chi connectivity index (χ0n) is 24.9. The molecule has 1 amide bonds. The number of fused-ring (bicyclic) bond motifs is 1. The van der Waals surface area contributed by atoms with Crippen LogP contribution < -0.4 is 16.0 Å². The zero-order valence-corrected chi connectivity index (χ0v) is 24.9. The molecule has 1 fully saturated rings. The average Bonchev–Trinajstić information content (AvgIpc) is 3.40. The monoisotopic (exact) mass is 561 g/mol. The lowest BCUT2D eigenvalue weighted by atomic mass is 9.91. The summed E-state index contributed by atoms with van der Waals surface area (Å²) < 4.78 is 0. The van der Waals surface area contributed by atoms with Crippen molar-refractivity contribution < 1.29 is 4.79 Å². The van der Waals surface area contributed by atoms with Crippen LogP contribution in [0.15, 0.2) is 72.5 Å². The number of nitrogens with one attached hydrogen (secondary N) is 2. The van der Waals surface area contributed by atoms with Gasteiger partial charge in [-0.1, -0.05) is 37.8 Å². The molecule has 8 nitrogen and oxygen atoms in total. The number of aromatic amines is 1. The summed E-state index contributed by atoms with van der Waals surface area (Å²) >= 11 is 0. The van der Waals surface area contributed by atoms with E-state index < -0.39 is 0 Å². The van der Waals surface area contributed by atoms with Gasteiger partial charge in [0.2, 0.25) is 5.91 Å². The second-order valence-electron chi connectivity index (χ2n) is 10.7. The van der Waals surface area contributed by atoms with E-state index in [2.05, 4.69) is 76.0 Å². The summed E-state index contributed by atoms with van der Waals surface area (Å²) in [5.41, 5.74) is 16.7. The van der Waals surface area contributed by atoms with E-state index in [1.54, 1.807) is 19.5 Å². The number of anilines is 2. The van der Waals surface area contributed by atoms with Gasteiger partial charge in [0.1, 0.15) is 5.65 Å². The van der Waals surface area contributed by atoms with Crippen molar-refractivity contribution in [1.29, 1.82) is 0 Å². The molecule has 1 aliphatic rings. The van der Waals surface area contributed by atoms with Crippen LogP contribution in [-0.2, 0) is 11.2 Å². The van der Waals surface area contributed by atoms with Crippen molar-refractivity contribution in [3.05, 3.63) is 84.2 Å². The van der Waals surface area contributed by atoms with Crippen molar-refractivity contribution in [2.75, 3.05) is 50.5 Å². The molecule has 8 heteroatoms. The van der Waals surface area contributed by atoms with Gasteiger partial charge in [-0.15, -0.1) is 0 Å². The number of nitrogens with zero attached hydrogens (tertiary/aromatic N) is 4. The number of H-pyrrole nitrogens is 1. The summed E-state index contributed by atoms with van der Waals surface area (Å²) in [7, 11) is 3.90. The number of aliphatic imine (C=N–C) groups is 1. The Labute approximate surface area is 247 Å². The minimum atomic E-state index is -0.247. The number of allylic oxidation sites excluding steroid dienone is 1. The number of aryl methyl sites for hydroxylation is 2. The van der Waals surface area contributed by atoms with E-state index in [1.165, 1.54) is 11.8 Å². The maximum atomic E-state index is 12.2. The van der Waals surface area contributed by atoms with Gasteiger partial charge in [-0.3, -0.25) is 9.79 Å². The van der Waals surface area contributed by atoms with Crippen molar-refractivity contribution in [3.63, 3.8) is 0 Å². The Kier molecular flexibility index (Phi) is 8.54. The van der Waals surface area contributed by atoms with Gasteiger partial charge in [-0.25, -0.2) is 4.98 Å². The normalized spacial score (nSPS) is 14.6. The van der Waals surface area contributed by atoms with E-state index >= 15 is 0 Å². The van der Waals surface area contributed by atoms with Crippen LogP contribution in [0.5, 0.6) is 0 Å². The highest BCUT2D eigenvalue weighted by Crippen LogP contribution is 2.42. The molecule has 1 saturated heterocycles. The number of likely N-dealkylation sites (N-methyl/N-ethyl adjacent to an activating group) is 1. The first-order valence-electron chi connectivity index (χ1n) is 14.3. The highest BCUT2D eigenvalue weighted by molar-refractivity contribution is 6.13. The Morgan fingerprint density at radius 3 is 2.50 bits per heavy atom. The SMILES string of the molecule is C=CC(=O)Nc1cc(-c2c(-c3ccc(N4CCN(C)CC4)cc3)[nH]c3ncc(/C(C=NC)=C/N)c(CC)c23)ccc1C. The Bertz CT molecular complexity index is 1670. The van der Waals surface area contributed by atoms with Crippen LogP contribution in [0.3, 0.4) is 0 Å². The summed E-state index contributed by atoms with van der Waals surface area (Å²) in [6.45, 7) is 11.9. The number of carbonyl (C=O) groups is 1. The summed E-state index contributed by atoms with van der Waals surface area (Å²) in [6.07, 6.45) is 7.26. The number of hydrogen-bond donors (Lipinski definition) is 3. The van der Waals surface area contributed by atoms with Gasteiger partial charge in [0, 0.05) is 85.3 Å². The number of pyridine rings is 1. The first-order valence-corrected chi connectivity index (χ1v) is 14.3. The van der Waals surface area contributed by atoms with Crippen LogP contribution in [0.1, 0.15) is 23.6 Å². The molecule has 0 spiro atoms. The third kappa shape index (κ3) is 5.58. The number of carbonyl (C=O) groups excluding carboxylic acids is 1. The van der Waals surface area contributed by atoms with Crippen LogP contribution in [0.2, 0.25) is 0 Å². The fourth-order valence-electron chi connectivity index (χ4n) is 5.68. The minimum Gasteiger partial charge on any atom is -0.404 e. The number of benzene rings is 2. The highest BCUT2D eigenvalue weighted by atomic mass is 16.1. The van der Waals surface area contributed by atoms with Gasteiger partial charge < -0.3 is 25.8 Å². The summed E-state index contributed by atoms with van der Waals surface area (Å²) in [5, 5.41) is 4.00. The first-order chi connectivity index (χ1) is 20.4. The molecule has 2 aromatic heterocycles. The fourth-order valence-corrected chi connectivity index (χ4v) is 5.68. The molecule has 0 unspecified atom stereocenters. The molecular weight excluding hydrogens is 522 g/mol. The molecule has 5 rings (SSSR count). The molecule has 3 heterocycles. The lowest BCUT2D eigenvalue weighted by Gasteiger charge is -2.34. The topological polar surface area (TPSA) is 103 Å². The predicted molar refractivity (Wildman–Crippen MR) is 176 cm³/mol. The Morgan fingerprint density at radius 1 is 1.14 bits per heavy atom. The standard InChI is InChI=1S/C34H39N7O/c1-6-27-28(25(19-35)20-36-4)21-37-34-32(27)31(24-9-8-22(3)29(18-24)38-30(42)7-2)33(39-34)23-10-12-26(13-11-23)41-16-14-40(5)15-17-41/h7-13,18-21H,2,6,14-17,35H2,1,3-5H3,(H,37,39)(H,38,42)/b25-19+,36-20?. The number of rotatable bonds is 8. The van der Waals surface area contributed by atoms with E-state index in [1.807, 2.05) is 25.3 Å². The maximum absolute atomic E-state index is 12.2. The van der Waals surface area contributed by atoms with Crippen LogP contribution in [0.25, 0.3) is 39.0 Å². The zero-order chi connectivity index (χ0) is 29.8. The van der Waals surface area contributed by atoms with E-state index in [0.29, 0.717) is 0 Å². The molecule has 0 radical (unpaired) electrons. The first kappa shape index (κ1) is 28.8. The van der Waals surface area contributed by atoms with Crippen LogP contribution in [0, 0.1) is 6.92 Å². The molecule has 0 atom stereocenters. The molecule has 2 aromatic carbocycles. The molecular formula is C34H39N7O. The maximum Gasteiger partial charge on any atom is 0.247 e. The summed E-state index contributed by atoms with van der Waals surface area (Å²) in [4.78, 5) is 29.8. The summed E-state index contributed by atoms with van der Waals surface area (Å²) in [6, 6.07) is 14.9. The predicted octanol–water partition coefficient (Wildman–Crippen LogP) is 5.64. The van der Waals surface area contributed by atoms with E-state index in [4.69, 9.17) is 10.7 Å². The molecule has 216 valence electrons. The molecule has 42 heavy (non-hydrogen) atoms. The Balaban J connectivity index is 1.72. The Hall–Kier alpha value is -4.69.